The lowest BCUT2D eigenvalue weighted by atomic mass is 9.87. The molecule has 0 aromatic carbocycles. The van der Waals surface area contributed by atoms with Crippen LogP contribution in [0.5, 0.6) is 0 Å². The van der Waals surface area contributed by atoms with E-state index in [2.05, 4.69) is 42.1 Å². The summed E-state index contributed by atoms with van der Waals surface area (Å²) in [5.74, 6) is 1.77. The topological polar surface area (TPSA) is 64.1 Å². The van der Waals surface area contributed by atoms with E-state index in [1.165, 1.54) is 38.5 Å². The minimum atomic E-state index is -0.560. The Morgan fingerprint density at radius 2 is 1.46 bits per heavy atom. The molecule has 0 bridgehead atoms. The second-order valence-electron chi connectivity index (χ2n) is 8.94. The predicted molar refractivity (Wildman–Crippen MR) is 116 cm³/mol. The van der Waals surface area contributed by atoms with Crippen molar-refractivity contribution in [3.63, 3.8) is 0 Å². The van der Waals surface area contributed by atoms with E-state index in [9.17, 15) is 4.39 Å². The Balaban J connectivity index is 0.000000195. The van der Waals surface area contributed by atoms with Gasteiger partial charge in [-0.2, -0.15) is 0 Å². The molecule has 3 rings (SSSR count). The number of rotatable bonds is 1. The molecular weight excluding hydrogens is 393 g/mol. The largest absolute Gasteiger partial charge is 0.328 e. The zero-order valence-electron chi connectivity index (χ0n) is 17.2. The van der Waals surface area contributed by atoms with Crippen LogP contribution >= 0.6 is 15.9 Å². The first kappa shape index (κ1) is 24.3. The molecule has 0 amide bonds. The van der Waals surface area contributed by atoms with Gasteiger partial charge in [-0.1, -0.05) is 42.6 Å². The lowest BCUT2D eigenvalue weighted by Crippen LogP contribution is -2.31. The number of alkyl halides is 2. The minimum Gasteiger partial charge on any atom is -0.328 e. The molecule has 0 spiro atoms. The molecule has 0 aliphatic heterocycles. The highest BCUT2D eigenvalue weighted by atomic mass is 79.9. The Kier molecular flexibility index (Phi) is 12.6. The second-order valence-corrected chi connectivity index (χ2v) is 10.2. The second kappa shape index (κ2) is 13.5. The van der Waals surface area contributed by atoms with Crippen LogP contribution in [0.2, 0.25) is 0 Å². The molecule has 3 nitrogen and oxygen atoms in total. The maximum atomic E-state index is 12.3. The van der Waals surface area contributed by atoms with Crippen molar-refractivity contribution in [3.8, 4) is 0 Å². The highest BCUT2D eigenvalue weighted by Crippen LogP contribution is 2.27. The van der Waals surface area contributed by atoms with E-state index in [0.29, 0.717) is 23.7 Å². The summed E-state index contributed by atoms with van der Waals surface area (Å²) in [7, 11) is 2.07. The fraction of sp³-hybridized carbons (Fsp3) is 1.00. The van der Waals surface area contributed by atoms with Gasteiger partial charge in [0.2, 0.25) is 0 Å². The Morgan fingerprint density at radius 1 is 0.808 bits per heavy atom. The van der Waals surface area contributed by atoms with E-state index in [4.69, 9.17) is 11.5 Å². The lowest BCUT2D eigenvalue weighted by molar-refractivity contribution is 0.236. The van der Waals surface area contributed by atoms with E-state index in [-0.39, 0.29) is 6.04 Å². The van der Waals surface area contributed by atoms with E-state index in [1.54, 1.807) is 0 Å². The van der Waals surface area contributed by atoms with Crippen molar-refractivity contribution in [3.05, 3.63) is 0 Å². The molecule has 0 radical (unpaired) electrons. The molecule has 0 saturated heterocycles. The zero-order chi connectivity index (χ0) is 19.5. The summed E-state index contributed by atoms with van der Waals surface area (Å²) >= 11 is 3.59. The van der Waals surface area contributed by atoms with Crippen molar-refractivity contribution in [2.75, 3.05) is 7.05 Å². The minimum absolute atomic E-state index is 0.280. The van der Waals surface area contributed by atoms with Crippen molar-refractivity contribution in [1.82, 2.24) is 5.32 Å². The van der Waals surface area contributed by atoms with Gasteiger partial charge in [0.1, 0.15) is 6.17 Å². The van der Waals surface area contributed by atoms with Crippen LogP contribution in [0.4, 0.5) is 4.39 Å². The van der Waals surface area contributed by atoms with Crippen LogP contribution in [-0.2, 0) is 0 Å². The fourth-order valence-electron chi connectivity index (χ4n) is 4.35. The maximum Gasteiger partial charge on any atom is 0.100 e. The quantitative estimate of drug-likeness (QED) is 0.512. The highest BCUT2D eigenvalue weighted by Gasteiger charge is 2.21. The molecule has 5 atom stereocenters. The van der Waals surface area contributed by atoms with Crippen molar-refractivity contribution < 1.29 is 4.39 Å². The standard InChI is InChI=1S/C8H17N.C7H14BrN.C6H12FN/c1-7-4-3-5-8(6-7)9-2;1-5-2-6(8)4-7(9)3-5;7-5-1-3-6(8)4-2-5/h7-9H,3-6H2,1-2H3;5-7H,2-4,9H2,1H3;5-6H,1-4,8H2. The molecule has 26 heavy (non-hydrogen) atoms. The number of hydrogen-bond acceptors (Lipinski definition) is 3. The monoisotopic (exact) mass is 435 g/mol. The first-order chi connectivity index (χ1) is 12.3. The van der Waals surface area contributed by atoms with Crippen molar-refractivity contribution >= 4 is 15.9 Å². The molecule has 156 valence electrons. The normalized spacial score (nSPS) is 40.5. The van der Waals surface area contributed by atoms with Crippen LogP contribution in [0, 0.1) is 11.8 Å². The third-order valence-corrected chi connectivity index (χ3v) is 6.72. The molecule has 0 aromatic heterocycles. The molecule has 0 heterocycles. The van der Waals surface area contributed by atoms with E-state index < -0.39 is 6.17 Å². The number of hydrogen-bond donors (Lipinski definition) is 3. The number of nitrogens with one attached hydrogen (secondary N) is 1. The van der Waals surface area contributed by atoms with Crippen molar-refractivity contribution in [2.45, 2.75) is 114 Å². The molecule has 3 aliphatic carbocycles. The van der Waals surface area contributed by atoms with Crippen molar-refractivity contribution in [2.24, 2.45) is 23.3 Å². The third kappa shape index (κ3) is 11.2. The van der Waals surface area contributed by atoms with Gasteiger partial charge in [0.05, 0.1) is 0 Å². The summed E-state index contributed by atoms with van der Waals surface area (Å²) in [6, 6.07) is 1.54. The van der Waals surface area contributed by atoms with Crippen molar-refractivity contribution in [1.29, 1.82) is 0 Å². The lowest BCUT2D eigenvalue weighted by Gasteiger charge is -2.27. The molecule has 5 unspecified atom stereocenters. The molecule has 3 saturated carbocycles. The Bertz CT molecular complexity index is 315. The average molecular weight is 436 g/mol. The summed E-state index contributed by atoms with van der Waals surface area (Å²) in [5, 5.41) is 3.33. The summed E-state index contributed by atoms with van der Waals surface area (Å²) in [6.45, 7) is 4.62. The SMILES string of the molecule is CC1CC(N)CC(Br)C1.CNC1CCCC(C)C1.NC1CCC(F)CC1. The van der Waals surface area contributed by atoms with Gasteiger partial charge in [0.25, 0.3) is 0 Å². The molecule has 3 aliphatic rings. The summed E-state index contributed by atoms with van der Waals surface area (Å²) in [6.07, 6.45) is 11.9. The molecule has 5 N–H and O–H groups in total. The van der Waals surface area contributed by atoms with Crippen LogP contribution in [0.3, 0.4) is 0 Å². The van der Waals surface area contributed by atoms with Crippen LogP contribution in [0.1, 0.15) is 84.5 Å². The van der Waals surface area contributed by atoms with Crippen LogP contribution in [0.25, 0.3) is 0 Å². The van der Waals surface area contributed by atoms with Gasteiger partial charge in [0, 0.05) is 23.0 Å². The van der Waals surface area contributed by atoms with Gasteiger partial charge < -0.3 is 16.8 Å². The summed E-state index contributed by atoms with van der Waals surface area (Å²) < 4.78 is 12.3. The van der Waals surface area contributed by atoms with Crippen LogP contribution < -0.4 is 16.8 Å². The van der Waals surface area contributed by atoms with Gasteiger partial charge in [-0.05, 0) is 76.7 Å². The Labute approximate surface area is 169 Å². The number of nitrogens with two attached hydrogens (primary N) is 2. The Hall–Kier alpha value is 0.290. The van der Waals surface area contributed by atoms with Gasteiger partial charge in [-0.15, -0.1) is 0 Å². The smallest absolute Gasteiger partial charge is 0.100 e. The first-order valence-electron chi connectivity index (χ1n) is 10.8. The number of halogens is 2. The first-order valence-corrected chi connectivity index (χ1v) is 11.7. The average Bonchev–Trinajstić information content (AvgIpc) is 2.57. The van der Waals surface area contributed by atoms with Crippen LogP contribution in [0.15, 0.2) is 0 Å². The molecular formula is C21H43BrFN3. The van der Waals surface area contributed by atoms with Gasteiger partial charge in [-0.3, -0.25) is 0 Å². The van der Waals surface area contributed by atoms with Gasteiger partial charge in [0.15, 0.2) is 0 Å². The third-order valence-electron chi connectivity index (χ3n) is 5.97. The maximum absolute atomic E-state index is 12.3. The zero-order valence-corrected chi connectivity index (χ0v) is 18.8. The predicted octanol–water partition coefficient (Wildman–Crippen LogP) is 4.91. The summed E-state index contributed by atoms with van der Waals surface area (Å²) in [5.41, 5.74) is 11.3. The molecule has 3 fully saturated rings. The summed E-state index contributed by atoms with van der Waals surface area (Å²) in [4.78, 5) is 0.677. The highest BCUT2D eigenvalue weighted by molar-refractivity contribution is 9.09. The van der Waals surface area contributed by atoms with E-state index in [0.717, 1.165) is 37.1 Å². The van der Waals surface area contributed by atoms with E-state index >= 15 is 0 Å². The van der Waals surface area contributed by atoms with Gasteiger partial charge in [-0.25, -0.2) is 4.39 Å². The van der Waals surface area contributed by atoms with Gasteiger partial charge >= 0.3 is 0 Å². The molecule has 0 aromatic rings. The van der Waals surface area contributed by atoms with E-state index in [1.807, 2.05) is 0 Å². The Morgan fingerprint density at radius 3 is 1.88 bits per heavy atom. The fourth-order valence-corrected chi connectivity index (χ4v) is 5.46. The molecule has 5 heteroatoms. The van der Waals surface area contributed by atoms with Crippen LogP contribution in [-0.4, -0.2) is 36.2 Å².